The van der Waals surface area contributed by atoms with E-state index in [2.05, 4.69) is 16.3 Å². The van der Waals surface area contributed by atoms with Gasteiger partial charge in [-0.05, 0) is 45.9 Å². The predicted octanol–water partition coefficient (Wildman–Crippen LogP) is 3.21. The highest BCUT2D eigenvalue weighted by molar-refractivity contribution is 7.21. The van der Waals surface area contributed by atoms with Gasteiger partial charge < -0.3 is 14.6 Å². The Hall–Kier alpha value is -4.35. The molecule has 1 unspecified atom stereocenters. The lowest BCUT2D eigenvalue weighted by Gasteiger charge is -2.25. The molecule has 3 aromatic heterocycles. The number of benzene rings is 1. The molecule has 40 heavy (non-hydrogen) atoms. The molecule has 4 aromatic rings. The van der Waals surface area contributed by atoms with Gasteiger partial charge in [0, 0.05) is 11.1 Å². The number of nitrogens with zero attached hydrogens (tertiary/aromatic N) is 6. The Bertz CT molecular complexity index is 1730. The van der Waals surface area contributed by atoms with Gasteiger partial charge in [-0.15, -0.1) is 4.80 Å². The Morgan fingerprint density at radius 1 is 1.27 bits per heavy atom. The normalized spacial score (nSPS) is 13.2. The molecule has 4 rings (SSSR count). The van der Waals surface area contributed by atoms with Gasteiger partial charge >= 0.3 is 11.7 Å². The largest absolute Gasteiger partial charge is 0.496 e. The highest BCUT2D eigenvalue weighted by Gasteiger charge is 2.30. The van der Waals surface area contributed by atoms with Gasteiger partial charge in [-0.3, -0.25) is 9.36 Å². The molecule has 0 aliphatic carbocycles. The number of thiophene rings is 1. The van der Waals surface area contributed by atoms with Gasteiger partial charge in [0.05, 0.1) is 49.5 Å². The molecule has 0 bridgehead atoms. The van der Waals surface area contributed by atoms with Gasteiger partial charge in [-0.1, -0.05) is 11.3 Å². The van der Waals surface area contributed by atoms with Crippen LogP contribution in [0, 0.1) is 29.5 Å². The quantitative estimate of drug-likeness (QED) is 0.303. The zero-order valence-electron chi connectivity index (χ0n) is 22.4. The van der Waals surface area contributed by atoms with Crippen molar-refractivity contribution in [2.45, 2.75) is 46.4 Å². The van der Waals surface area contributed by atoms with E-state index in [1.807, 2.05) is 0 Å². The topological polar surface area (TPSA) is 154 Å². The van der Waals surface area contributed by atoms with Crippen molar-refractivity contribution >= 4 is 27.5 Å². The number of aryl methyl sites for hydroxylation is 1. The Labute approximate surface area is 231 Å². The maximum absolute atomic E-state index is 14.4. The Morgan fingerprint density at radius 2 is 1.95 bits per heavy atom. The van der Waals surface area contributed by atoms with E-state index in [-0.39, 0.29) is 34.7 Å². The summed E-state index contributed by atoms with van der Waals surface area (Å²) in [5.41, 5.74) is -1.87. The standard InChI is InChI=1S/C26H27FN6O6S/c1-14-20-21(34)32(15(2)24(35)36)25(37)31(23(20)40-22(14)33-29-8-9-30-33)11-19(39-13-26(3,4)12-28)17-10-16(27)6-7-18(17)38-5/h6-10,15,19H,11,13H2,1-5H3,(H,35,36)/t15?,19-/m0/s1. The number of hydrogen-bond donors (Lipinski definition) is 1. The van der Waals surface area contributed by atoms with Crippen LogP contribution in [0.5, 0.6) is 5.75 Å². The minimum atomic E-state index is -1.48. The summed E-state index contributed by atoms with van der Waals surface area (Å²) in [6.45, 7) is 5.88. The van der Waals surface area contributed by atoms with Crippen molar-refractivity contribution < 1.29 is 23.8 Å². The van der Waals surface area contributed by atoms with Crippen molar-refractivity contribution in [1.29, 1.82) is 5.26 Å². The number of ether oxygens (including phenoxy) is 2. The smallest absolute Gasteiger partial charge is 0.333 e. The fraction of sp³-hybridized carbons (Fsp3) is 0.385. The number of halogens is 1. The molecule has 0 aliphatic rings. The minimum Gasteiger partial charge on any atom is -0.496 e. The second kappa shape index (κ2) is 11.0. The number of aromatic nitrogens is 5. The van der Waals surface area contributed by atoms with Crippen LogP contribution >= 0.6 is 11.3 Å². The summed E-state index contributed by atoms with van der Waals surface area (Å²) in [5.74, 6) is -1.67. The van der Waals surface area contributed by atoms with Gasteiger partial charge in [0.1, 0.15) is 33.5 Å². The van der Waals surface area contributed by atoms with Crippen molar-refractivity contribution in [3.63, 3.8) is 0 Å². The fourth-order valence-electron chi connectivity index (χ4n) is 4.18. The second-order valence-corrected chi connectivity index (χ2v) is 10.8. The number of aliphatic carboxylic acids is 1. The van der Waals surface area contributed by atoms with Crippen molar-refractivity contribution in [2.75, 3.05) is 13.7 Å². The van der Waals surface area contributed by atoms with Gasteiger partial charge in [0.2, 0.25) is 0 Å². The lowest BCUT2D eigenvalue weighted by atomic mass is 9.97. The van der Waals surface area contributed by atoms with Crippen LogP contribution in [0.2, 0.25) is 0 Å². The van der Waals surface area contributed by atoms with E-state index in [1.54, 1.807) is 20.8 Å². The summed E-state index contributed by atoms with van der Waals surface area (Å²) in [5, 5.41) is 28.0. The van der Waals surface area contributed by atoms with E-state index in [0.29, 0.717) is 15.1 Å². The molecule has 2 atom stereocenters. The third-order valence-electron chi connectivity index (χ3n) is 6.40. The van der Waals surface area contributed by atoms with Crippen LogP contribution in [0.25, 0.3) is 15.2 Å². The van der Waals surface area contributed by atoms with E-state index in [0.717, 1.165) is 11.3 Å². The number of carboxylic acids is 1. The molecule has 14 heteroatoms. The summed E-state index contributed by atoms with van der Waals surface area (Å²) in [6.07, 6.45) is 1.89. The number of carboxylic acid groups (broad SMARTS) is 1. The predicted molar refractivity (Wildman–Crippen MR) is 143 cm³/mol. The molecule has 0 radical (unpaired) electrons. The molecule has 12 nitrogen and oxygen atoms in total. The molecular formula is C26H27FN6O6S. The molecule has 3 heterocycles. The van der Waals surface area contributed by atoms with Crippen LogP contribution in [0.4, 0.5) is 4.39 Å². The van der Waals surface area contributed by atoms with E-state index in [9.17, 15) is 29.1 Å². The molecule has 1 N–H and O–H groups in total. The van der Waals surface area contributed by atoms with Crippen molar-refractivity contribution in [2.24, 2.45) is 5.41 Å². The summed E-state index contributed by atoms with van der Waals surface area (Å²) < 4.78 is 27.9. The van der Waals surface area contributed by atoms with Crippen molar-refractivity contribution in [3.05, 3.63) is 68.4 Å². The maximum atomic E-state index is 14.4. The maximum Gasteiger partial charge on any atom is 0.333 e. The van der Waals surface area contributed by atoms with Gasteiger partial charge in [0.15, 0.2) is 0 Å². The zero-order chi connectivity index (χ0) is 29.4. The molecule has 0 spiro atoms. The van der Waals surface area contributed by atoms with Gasteiger partial charge in [-0.2, -0.15) is 15.5 Å². The molecule has 0 amide bonds. The number of hydrogen-bond acceptors (Lipinski definition) is 9. The van der Waals surface area contributed by atoms with Crippen molar-refractivity contribution in [1.82, 2.24) is 24.1 Å². The highest BCUT2D eigenvalue weighted by atomic mass is 32.1. The second-order valence-electron chi connectivity index (χ2n) is 9.80. The SMILES string of the molecule is COc1ccc(F)cc1[C@H](Cn1c(=O)n(C(C)C(=O)O)c(=O)c2c(C)c(-n3nccn3)sc21)OCC(C)(C)C#N. The number of fused-ring (bicyclic) bond motifs is 1. The van der Waals surface area contributed by atoms with Crippen LogP contribution in [0.3, 0.4) is 0 Å². The van der Waals surface area contributed by atoms with Crippen LogP contribution < -0.4 is 16.0 Å². The minimum absolute atomic E-state index is 0.0805. The lowest BCUT2D eigenvalue weighted by Crippen LogP contribution is -2.44. The highest BCUT2D eigenvalue weighted by Crippen LogP contribution is 2.35. The van der Waals surface area contributed by atoms with E-state index in [4.69, 9.17) is 9.47 Å². The average Bonchev–Trinajstić information content (AvgIpc) is 3.56. The third kappa shape index (κ3) is 5.25. The van der Waals surface area contributed by atoms with Crippen LogP contribution in [0.15, 0.2) is 40.2 Å². The lowest BCUT2D eigenvalue weighted by molar-refractivity contribution is -0.140. The number of rotatable bonds is 10. The summed E-state index contributed by atoms with van der Waals surface area (Å²) in [6, 6.07) is 4.49. The van der Waals surface area contributed by atoms with Crippen molar-refractivity contribution in [3.8, 4) is 16.8 Å². The number of nitriles is 1. The summed E-state index contributed by atoms with van der Waals surface area (Å²) in [7, 11) is 1.40. The van der Waals surface area contributed by atoms with E-state index in [1.165, 1.54) is 54.0 Å². The van der Waals surface area contributed by atoms with E-state index >= 15 is 0 Å². The molecule has 0 saturated heterocycles. The van der Waals surface area contributed by atoms with Gasteiger partial charge in [0.25, 0.3) is 5.56 Å². The van der Waals surface area contributed by atoms with E-state index < -0.39 is 40.6 Å². The Morgan fingerprint density at radius 3 is 2.55 bits per heavy atom. The number of methoxy groups -OCH3 is 1. The molecule has 0 saturated carbocycles. The summed E-state index contributed by atoms with van der Waals surface area (Å²) in [4.78, 5) is 40.8. The number of carbonyl (C=O) groups is 1. The summed E-state index contributed by atoms with van der Waals surface area (Å²) >= 11 is 1.07. The Kier molecular flexibility index (Phi) is 7.90. The molecule has 210 valence electrons. The first-order valence-corrected chi connectivity index (χ1v) is 13.0. The van der Waals surface area contributed by atoms with Crippen LogP contribution in [-0.2, 0) is 16.1 Å². The first-order chi connectivity index (χ1) is 18.9. The zero-order valence-corrected chi connectivity index (χ0v) is 23.2. The fourth-order valence-corrected chi connectivity index (χ4v) is 5.40. The van der Waals surface area contributed by atoms with Crippen LogP contribution in [-0.4, -0.2) is 48.9 Å². The third-order valence-corrected chi connectivity index (χ3v) is 7.68. The first kappa shape index (κ1) is 28.7. The Balaban J connectivity index is 2.01. The molecule has 1 aromatic carbocycles. The van der Waals surface area contributed by atoms with Crippen LogP contribution in [0.1, 0.15) is 44.0 Å². The average molecular weight is 571 g/mol. The molecular weight excluding hydrogens is 543 g/mol. The monoisotopic (exact) mass is 570 g/mol. The first-order valence-electron chi connectivity index (χ1n) is 12.1. The molecule has 0 fully saturated rings. The van der Waals surface area contributed by atoms with Gasteiger partial charge in [-0.25, -0.2) is 18.5 Å². The molecule has 0 aliphatic heterocycles.